The number of halogens is 2. The third kappa shape index (κ3) is 4.52. The second-order valence-electron chi connectivity index (χ2n) is 7.83. The van der Waals surface area contributed by atoms with E-state index in [-0.39, 0.29) is 34.2 Å². The van der Waals surface area contributed by atoms with Crippen LogP contribution < -0.4 is 9.47 Å². The predicted molar refractivity (Wildman–Crippen MR) is 127 cm³/mol. The first-order chi connectivity index (χ1) is 16.7. The lowest BCUT2D eigenvalue weighted by Gasteiger charge is -2.26. The molecule has 1 saturated heterocycles. The lowest BCUT2D eigenvalue weighted by Crippen LogP contribution is -2.29. The number of phenolic OH excluding ortho intramolecular Hbond substituents is 1. The quantitative estimate of drug-likeness (QED) is 0.288. The molecule has 0 bridgehead atoms. The molecule has 0 spiro atoms. The van der Waals surface area contributed by atoms with Gasteiger partial charge in [0.25, 0.3) is 11.7 Å². The van der Waals surface area contributed by atoms with Crippen LogP contribution >= 0.6 is 11.6 Å². The van der Waals surface area contributed by atoms with Crippen molar-refractivity contribution in [2.24, 2.45) is 0 Å². The van der Waals surface area contributed by atoms with E-state index in [0.717, 1.165) is 0 Å². The largest absolute Gasteiger partial charge is 0.507 e. The molecular weight excluding hydrogens is 477 g/mol. The number of phenols is 1. The fraction of sp³-hybridized carbons (Fsp3) is 0.154. The molecule has 1 aliphatic heterocycles. The number of benzene rings is 3. The molecular formula is C26H21ClFNO6. The highest BCUT2D eigenvalue weighted by molar-refractivity contribution is 6.46. The fourth-order valence-electron chi connectivity index (χ4n) is 4.01. The van der Waals surface area contributed by atoms with Gasteiger partial charge in [0.1, 0.15) is 28.8 Å². The van der Waals surface area contributed by atoms with E-state index in [9.17, 15) is 24.2 Å². The summed E-state index contributed by atoms with van der Waals surface area (Å²) in [5.41, 5.74) is 0.971. The number of aliphatic hydroxyl groups is 1. The lowest BCUT2D eigenvalue weighted by molar-refractivity contribution is -0.140. The van der Waals surface area contributed by atoms with Gasteiger partial charge in [0.05, 0.1) is 36.4 Å². The number of Topliss-reactive ketones (excluding diaryl/α,β-unsaturated/α-hetero) is 1. The topological polar surface area (TPSA) is 96.3 Å². The number of amides is 1. The molecule has 1 fully saturated rings. The number of hydrogen-bond donors (Lipinski definition) is 2. The van der Waals surface area contributed by atoms with Gasteiger partial charge in [-0.3, -0.25) is 9.59 Å². The van der Waals surface area contributed by atoms with Gasteiger partial charge in [-0.15, -0.1) is 0 Å². The Hall–Kier alpha value is -4.04. The first-order valence-corrected chi connectivity index (χ1v) is 10.9. The molecule has 3 aromatic carbocycles. The summed E-state index contributed by atoms with van der Waals surface area (Å²) in [4.78, 5) is 27.6. The molecule has 0 radical (unpaired) electrons. The summed E-state index contributed by atoms with van der Waals surface area (Å²) < 4.78 is 24.0. The number of likely N-dealkylation sites (tertiary alicyclic amines) is 1. The van der Waals surface area contributed by atoms with E-state index in [1.54, 1.807) is 6.07 Å². The Morgan fingerprint density at radius 3 is 2.37 bits per heavy atom. The van der Waals surface area contributed by atoms with Crippen LogP contribution in [0.25, 0.3) is 5.76 Å². The van der Waals surface area contributed by atoms with E-state index in [1.807, 2.05) is 0 Å². The Bertz CT molecular complexity index is 1340. The van der Waals surface area contributed by atoms with Gasteiger partial charge in [-0.05, 0) is 47.5 Å². The first-order valence-electron chi connectivity index (χ1n) is 10.5. The molecule has 3 aromatic rings. The van der Waals surface area contributed by atoms with Gasteiger partial charge in [-0.25, -0.2) is 4.39 Å². The second kappa shape index (κ2) is 9.68. The first kappa shape index (κ1) is 24.1. The summed E-state index contributed by atoms with van der Waals surface area (Å²) >= 11 is 6.12. The third-order valence-corrected chi connectivity index (χ3v) is 6.06. The maximum absolute atomic E-state index is 13.4. The SMILES string of the molecule is COc1ccc(/C(O)=C2/C(=O)C(=O)N(Cc3ccc(F)cc3)C2c2ccc(O)c(Cl)c2)c(OC)c1. The summed E-state index contributed by atoms with van der Waals surface area (Å²) in [5.74, 6) is -2.12. The minimum absolute atomic E-state index is 0.0110. The van der Waals surface area contributed by atoms with Gasteiger partial charge < -0.3 is 24.6 Å². The molecule has 4 rings (SSSR count). The normalized spacial score (nSPS) is 17.0. The van der Waals surface area contributed by atoms with Crippen molar-refractivity contribution in [1.29, 1.82) is 0 Å². The highest BCUT2D eigenvalue weighted by Gasteiger charge is 2.46. The summed E-state index contributed by atoms with van der Waals surface area (Å²) in [7, 11) is 2.87. The van der Waals surface area contributed by atoms with Crippen LogP contribution in [-0.4, -0.2) is 41.0 Å². The predicted octanol–water partition coefficient (Wildman–Crippen LogP) is 4.82. The fourth-order valence-corrected chi connectivity index (χ4v) is 4.20. The molecule has 1 heterocycles. The van der Waals surface area contributed by atoms with Crippen LogP contribution in [0.2, 0.25) is 5.02 Å². The van der Waals surface area contributed by atoms with Crippen molar-refractivity contribution in [2.45, 2.75) is 12.6 Å². The van der Waals surface area contributed by atoms with E-state index in [0.29, 0.717) is 16.9 Å². The van der Waals surface area contributed by atoms with Crippen molar-refractivity contribution in [3.05, 3.63) is 93.8 Å². The summed E-state index contributed by atoms with van der Waals surface area (Å²) in [6.45, 7) is -0.0372. The number of ketones is 1. The maximum atomic E-state index is 13.4. The molecule has 2 N–H and O–H groups in total. The molecule has 1 amide bonds. The van der Waals surface area contributed by atoms with Gasteiger partial charge in [0, 0.05) is 12.6 Å². The van der Waals surface area contributed by atoms with Gasteiger partial charge in [-0.1, -0.05) is 29.8 Å². The Morgan fingerprint density at radius 1 is 1.03 bits per heavy atom. The molecule has 180 valence electrons. The van der Waals surface area contributed by atoms with Crippen molar-refractivity contribution in [3.63, 3.8) is 0 Å². The summed E-state index contributed by atoms with van der Waals surface area (Å²) in [5, 5.41) is 21.2. The second-order valence-corrected chi connectivity index (χ2v) is 8.24. The average molecular weight is 498 g/mol. The van der Waals surface area contributed by atoms with Crippen LogP contribution in [0.15, 0.2) is 66.2 Å². The molecule has 9 heteroatoms. The zero-order valence-electron chi connectivity index (χ0n) is 18.8. The van der Waals surface area contributed by atoms with E-state index < -0.39 is 29.3 Å². The minimum atomic E-state index is -1.04. The highest BCUT2D eigenvalue weighted by atomic mass is 35.5. The third-order valence-electron chi connectivity index (χ3n) is 5.76. The highest BCUT2D eigenvalue weighted by Crippen LogP contribution is 2.43. The number of rotatable bonds is 6. The van der Waals surface area contributed by atoms with Crippen LogP contribution in [-0.2, 0) is 16.1 Å². The Labute approximate surface area is 205 Å². The zero-order chi connectivity index (χ0) is 25.3. The van der Waals surface area contributed by atoms with Crippen molar-refractivity contribution >= 4 is 29.1 Å². The molecule has 1 atom stereocenters. The monoisotopic (exact) mass is 497 g/mol. The smallest absolute Gasteiger partial charge is 0.295 e. The van der Waals surface area contributed by atoms with E-state index in [2.05, 4.69) is 0 Å². The zero-order valence-corrected chi connectivity index (χ0v) is 19.5. The molecule has 1 aliphatic rings. The van der Waals surface area contributed by atoms with Crippen molar-refractivity contribution in [1.82, 2.24) is 4.90 Å². The van der Waals surface area contributed by atoms with Crippen molar-refractivity contribution in [3.8, 4) is 17.2 Å². The van der Waals surface area contributed by atoms with Crippen LogP contribution in [0, 0.1) is 5.82 Å². The van der Waals surface area contributed by atoms with Crippen molar-refractivity contribution in [2.75, 3.05) is 14.2 Å². The molecule has 35 heavy (non-hydrogen) atoms. The van der Waals surface area contributed by atoms with Crippen LogP contribution in [0.5, 0.6) is 17.2 Å². The number of hydrogen-bond acceptors (Lipinski definition) is 6. The number of ether oxygens (including phenoxy) is 2. The van der Waals surface area contributed by atoms with Gasteiger partial charge in [0.2, 0.25) is 0 Å². The van der Waals surface area contributed by atoms with E-state index in [1.165, 1.54) is 73.7 Å². The summed E-state index contributed by atoms with van der Waals surface area (Å²) in [6.07, 6.45) is 0. The number of aliphatic hydroxyl groups excluding tert-OH is 1. The maximum Gasteiger partial charge on any atom is 0.295 e. The average Bonchev–Trinajstić information content (AvgIpc) is 3.11. The van der Waals surface area contributed by atoms with E-state index in [4.69, 9.17) is 21.1 Å². The standard InChI is InChI=1S/C26H21ClFNO6/c1-34-17-8-9-18(21(12-17)35-2)24(31)22-23(15-5-10-20(30)19(27)11-15)29(26(33)25(22)32)13-14-3-6-16(28)7-4-14/h3-12,23,30-31H,13H2,1-2H3/b24-22-. The Kier molecular flexibility index (Phi) is 6.66. The Morgan fingerprint density at radius 2 is 1.74 bits per heavy atom. The number of carbonyl (C=O) groups excluding carboxylic acids is 2. The number of aromatic hydroxyl groups is 1. The molecule has 0 aromatic heterocycles. The lowest BCUT2D eigenvalue weighted by atomic mass is 9.94. The van der Waals surface area contributed by atoms with Gasteiger partial charge >= 0.3 is 0 Å². The number of methoxy groups -OCH3 is 2. The van der Waals surface area contributed by atoms with Crippen molar-refractivity contribution < 1.29 is 33.7 Å². The van der Waals surface area contributed by atoms with Gasteiger partial charge in [-0.2, -0.15) is 0 Å². The molecule has 1 unspecified atom stereocenters. The van der Waals surface area contributed by atoms with E-state index >= 15 is 0 Å². The molecule has 0 saturated carbocycles. The van der Waals surface area contributed by atoms with Gasteiger partial charge in [0.15, 0.2) is 0 Å². The van der Waals surface area contributed by atoms with Crippen LogP contribution in [0.1, 0.15) is 22.7 Å². The van der Waals surface area contributed by atoms with Crippen LogP contribution in [0.4, 0.5) is 4.39 Å². The minimum Gasteiger partial charge on any atom is -0.507 e. The molecule has 0 aliphatic carbocycles. The number of carbonyl (C=O) groups is 2. The number of nitrogens with zero attached hydrogens (tertiary/aromatic N) is 1. The summed E-state index contributed by atoms with van der Waals surface area (Å²) in [6, 6.07) is 13.4. The molecule has 7 nitrogen and oxygen atoms in total. The van der Waals surface area contributed by atoms with Crippen LogP contribution in [0.3, 0.4) is 0 Å². The Balaban J connectivity index is 1.90.